The Hall–Kier alpha value is -0.520. The van der Waals surface area contributed by atoms with Crippen LogP contribution in [0.3, 0.4) is 0 Å². The van der Waals surface area contributed by atoms with Crippen molar-refractivity contribution in [3.8, 4) is 0 Å². The average Bonchev–Trinajstić information content (AvgIpc) is 2.40. The number of nitrogens with zero attached hydrogens (tertiary/aromatic N) is 2. The molecule has 0 saturated heterocycles. The Bertz CT molecular complexity index is 218. The maximum atomic E-state index is 5.34. The van der Waals surface area contributed by atoms with Crippen LogP contribution in [0.2, 0.25) is 0 Å². The van der Waals surface area contributed by atoms with Gasteiger partial charge in [0.15, 0.2) is 0 Å². The molecule has 1 atom stereocenters. The maximum Gasteiger partial charge on any atom is 0.0773 e. The minimum absolute atomic E-state index is 0.204. The van der Waals surface area contributed by atoms with Crippen LogP contribution < -0.4 is 11.3 Å². The van der Waals surface area contributed by atoms with Crippen molar-refractivity contribution in [1.29, 1.82) is 0 Å². The SMILES string of the molecule is CCC(NN)c1snnc1C. The lowest BCUT2D eigenvalue weighted by molar-refractivity contribution is 0.544. The van der Waals surface area contributed by atoms with Gasteiger partial charge < -0.3 is 0 Å². The predicted octanol–water partition coefficient (Wildman–Crippen LogP) is 0.761. The third kappa shape index (κ3) is 1.74. The zero-order valence-corrected chi connectivity index (χ0v) is 7.48. The standard InChI is InChI=1S/C6H12N4S/c1-3-5(8-7)6-4(2)9-10-11-6/h5,8H,3,7H2,1-2H3. The lowest BCUT2D eigenvalue weighted by Crippen LogP contribution is -2.27. The Morgan fingerprint density at radius 2 is 2.45 bits per heavy atom. The number of rotatable bonds is 3. The Morgan fingerprint density at radius 3 is 2.82 bits per heavy atom. The van der Waals surface area contributed by atoms with Crippen molar-refractivity contribution in [3.05, 3.63) is 10.6 Å². The van der Waals surface area contributed by atoms with Crippen LogP contribution in [0.4, 0.5) is 0 Å². The van der Waals surface area contributed by atoms with Crippen LogP contribution in [0, 0.1) is 6.92 Å². The van der Waals surface area contributed by atoms with Gasteiger partial charge in [0.2, 0.25) is 0 Å². The van der Waals surface area contributed by atoms with Gasteiger partial charge in [-0.25, -0.2) is 0 Å². The summed E-state index contributed by atoms with van der Waals surface area (Å²) in [6, 6.07) is 0.204. The van der Waals surface area contributed by atoms with Gasteiger partial charge in [-0.3, -0.25) is 11.3 Å². The molecule has 0 aliphatic rings. The first-order valence-corrected chi connectivity index (χ1v) is 4.32. The number of hydrogen-bond acceptors (Lipinski definition) is 5. The lowest BCUT2D eigenvalue weighted by atomic mass is 10.2. The van der Waals surface area contributed by atoms with Gasteiger partial charge >= 0.3 is 0 Å². The monoisotopic (exact) mass is 172 g/mol. The molecule has 1 rings (SSSR count). The van der Waals surface area contributed by atoms with Gasteiger partial charge in [0.25, 0.3) is 0 Å². The minimum atomic E-state index is 0.204. The Morgan fingerprint density at radius 1 is 1.73 bits per heavy atom. The van der Waals surface area contributed by atoms with E-state index in [1.165, 1.54) is 11.5 Å². The molecule has 0 radical (unpaired) electrons. The molecule has 0 aliphatic heterocycles. The van der Waals surface area contributed by atoms with Gasteiger partial charge in [-0.15, -0.1) is 5.10 Å². The average molecular weight is 172 g/mol. The summed E-state index contributed by atoms with van der Waals surface area (Å²) in [7, 11) is 0. The molecule has 0 spiro atoms. The van der Waals surface area contributed by atoms with Crippen LogP contribution >= 0.6 is 11.5 Å². The van der Waals surface area contributed by atoms with E-state index in [2.05, 4.69) is 21.9 Å². The predicted molar refractivity (Wildman–Crippen MR) is 45.0 cm³/mol. The van der Waals surface area contributed by atoms with Gasteiger partial charge in [0.1, 0.15) is 0 Å². The smallest absolute Gasteiger partial charge is 0.0773 e. The summed E-state index contributed by atoms with van der Waals surface area (Å²) in [6.07, 6.45) is 0.960. The van der Waals surface area contributed by atoms with Gasteiger partial charge in [-0.1, -0.05) is 11.4 Å². The molecular weight excluding hydrogens is 160 g/mol. The molecule has 1 aromatic heterocycles. The molecule has 0 saturated carbocycles. The molecule has 5 heteroatoms. The van der Waals surface area contributed by atoms with Gasteiger partial charge in [0.05, 0.1) is 16.6 Å². The molecule has 1 heterocycles. The van der Waals surface area contributed by atoms with Gasteiger partial charge in [0, 0.05) is 0 Å². The van der Waals surface area contributed by atoms with Crippen LogP contribution in [0.15, 0.2) is 0 Å². The van der Waals surface area contributed by atoms with Crippen molar-refractivity contribution < 1.29 is 0 Å². The number of aryl methyl sites for hydroxylation is 1. The number of nitrogens with one attached hydrogen (secondary N) is 1. The summed E-state index contributed by atoms with van der Waals surface area (Å²) in [5, 5.41) is 3.91. The molecule has 3 N–H and O–H groups in total. The van der Waals surface area contributed by atoms with E-state index < -0.39 is 0 Å². The molecule has 11 heavy (non-hydrogen) atoms. The summed E-state index contributed by atoms with van der Waals surface area (Å²) >= 11 is 1.40. The Kier molecular flexibility index (Phi) is 2.92. The van der Waals surface area contributed by atoms with E-state index in [1.54, 1.807) is 0 Å². The van der Waals surface area contributed by atoms with Crippen molar-refractivity contribution in [2.24, 2.45) is 5.84 Å². The summed E-state index contributed by atoms with van der Waals surface area (Å²) in [5.41, 5.74) is 3.70. The quantitative estimate of drug-likeness (QED) is 0.522. The van der Waals surface area contributed by atoms with Crippen molar-refractivity contribution in [2.75, 3.05) is 0 Å². The van der Waals surface area contributed by atoms with E-state index in [4.69, 9.17) is 5.84 Å². The minimum Gasteiger partial charge on any atom is -0.271 e. The van der Waals surface area contributed by atoms with Crippen LogP contribution in [-0.2, 0) is 0 Å². The molecule has 1 unspecified atom stereocenters. The number of hydrogen-bond donors (Lipinski definition) is 2. The first kappa shape index (κ1) is 8.58. The highest BCUT2D eigenvalue weighted by atomic mass is 32.1. The molecule has 0 aromatic carbocycles. The normalized spacial score (nSPS) is 13.4. The second kappa shape index (κ2) is 3.75. The lowest BCUT2D eigenvalue weighted by Gasteiger charge is -2.10. The van der Waals surface area contributed by atoms with Crippen molar-refractivity contribution in [3.63, 3.8) is 0 Å². The Labute approximate surface area is 69.9 Å². The summed E-state index contributed by atoms with van der Waals surface area (Å²) in [4.78, 5) is 1.13. The molecule has 0 amide bonds. The van der Waals surface area contributed by atoms with E-state index in [1.807, 2.05) is 6.92 Å². The van der Waals surface area contributed by atoms with E-state index in [0.717, 1.165) is 17.0 Å². The highest BCUT2D eigenvalue weighted by molar-refractivity contribution is 7.05. The largest absolute Gasteiger partial charge is 0.271 e. The van der Waals surface area contributed by atoms with E-state index in [9.17, 15) is 0 Å². The first-order valence-electron chi connectivity index (χ1n) is 3.54. The molecule has 0 bridgehead atoms. The molecule has 0 fully saturated rings. The number of nitrogens with two attached hydrogens (primary N) is 1. The molecule has 62 valence electrons. The Balaban J connectivity index is 2.81. The van der Waals surface area contributed by atoms with Crippen LogP contribution in [-0.4, -0.2) is 9.59 Å². The molecular formula is C6H12N4S. The molecule has 4 nitrogen and oxygen atoms in total. The summed E-state index contributed by atoms with van der Waals surface area (Å²) in [5.74, 6) is 5.34. The fourth-order valence-corrected chi connectivity index (χ4v) is 1.72. The maximum absolute atomic E-state index is 5.34. The van der Waals surface area contributed by atoms with Gasteiger partial charge in [-0.2, -0.15) is 0 Å². The second-order valence-corrected chi connectivity index (χ2v) is 3.14. The van der Waals surface area contributed by atoms with Crippen molar-refractivity contribution >= 4 is 11.5 Å². The topological polar surface area (TPSA) is 63.8 Å². The summed E-state index contributed by atoms with van der Waals surface area (Å²) < 4.78 is 3.83. The van der Waals surface area contributed by atoms with Crippen LogP contribution in [0.5, 0.6) is 0 Å². The molecule has 1 aromatic rings. The van der Waals surface area contributed by atoms with E-state index >= 15 is 0 Å². The van der Waals surface area contributed by atoms with Gasteiger partial charge in [-0.05, 0) is 24.9 Å². The third-order valence-electron chi connectivity index (χ3n) is 1.61. The first-order chi connectivity index (χ1) is 5.29. The second-order valence-electron chi connectivity index (χ2n) is 2.35. The van der Waals surface area contributed by atoms with E-state index in [-0.39, 0.29) is 6.04 Å². The fraction of sp³-hybridized carbons (Fsp3) is 0.667. The highest BCUT2D eigenvalue weighted by Gasteiger charge is 2.12. The zero-order chi connectivity index (χ0) is 8.27. The highest BCUT2D eigenvalue weighted by Crippen LogP contribution is 2.20. The summed E-state index contributed by atoms with van der Waals surface area (Å²) in [6.45, 7) is 4.02. The van der Waals surface area contributed by atoms with E-state index in [0.29, 0.717) is 0 Å². The number of aromatic nitrogens is 2. The van der Waals surface area contributed by atoms with Crippen molar-refractivity contribution in [2.45, 2.75) is 26.3 Å². The van der Waals surface area contributed by atoms with Crippen LogP contribution in [0.25, 0.3) is 0 Å². The fourth-order valence-electron chi connectivity index (χ4n) is 0.936. The van der Waals surface area contributed by atoms with Crippen LogP contribution in [0.1, 0.15) is 30.0 Å². The third-order valence-corrected chi connectivity index (χ3v) is 2.55. The van der Waals surface area contributed by atoms with Crippen molar-refractivity contribution in [1.82, 2.24) is 15.0 Å². The zero-order valence-electron chi connectivity index (χ0n) is 6.66. The molecule has 0 aliphatic carbocycles. The number of hydrazine groups is 1.